The highest BCUT2D eigenvalue weighted by Crippen LogP contribution is 2.20. The molecule has 0 fully saturated rings. The van der Waals surface area contributed by atoms with Crippen LogP contribution in [0.15, 0.2) is 70.0 Å². The van der Waals surface area contributed by atoms with Gasteiger partial charge in [-0.05, 0) is 60.7 Å². The molecule has 0 atom stereocenters. The number of carbonyl (C=O) groups excluding carboxylic acids is 1. The summed E-state index contributed by atoms with van der Waals surface area (Å²) < 4.78 is 50.3. The lowest BCUT2D eigenvalue weighted by Crippen LogP contribution is -2.30. The summed E-state index contributed by atoms with van der Waals surface area (Å²) in [7, 11) is -3.56. The van der Waals surface area contributed by atoms with Gasteiger partial charge in [0.15, 0.2) is 5.76 Å². The Morgan fingerprint density at radius 2 is 1.65 bits per heavy atom. The standard InChI is InChI=1S/C22H23FN2O5S/c1-3-25(4-2)31(27,28)20-12-7-17(8-13-20)24-22(26)21-14-11-19(30-21)15-29-18-9-5-16(23)6-10-18/h5-14H,3-4,15H2,1-2H3,(H,24,26). The first-order valence-corrected chi connectivity index (χ1v) is 11.2. The van der Waals surface area contributed by atoms with Gasteiger partial charge in [-0.15, -0.1) is 0 Å². The minimum absolute atomic E-state index is 0.0802. The molecule has 164 valence electrons. The lowest BCUT2D eigenvalue weighted by atomic mass is 10.3. The van der Waals surface area contributed by atoms with Crippen molar-refractivity contribution in [1.82, 2.24) is 4.31 Å². The summed E-state index contributed by atoms with van der Waals surface area (Å²) in [4.78, 5) is 12.6. The van der Waals surface area contributed by atoms with Gasteiger partial charge in [0.05, 0.1) is 4.90 Å². The van der Waals surface area contributed by atoms with E-state index in [2.05, 4.69) is 5.32 Å². The van der Waals surface area contributed by atoms with E-state index in [1.165, 1.54) is 58.9 Å². The third-order valence-electron chi connectivity index (χ3n) is 4.54. The molecule has 1 amide bonds. The summed E-state index contributed by atoms with van der Waals surface area (Å²) in [6.07, 6.45) is 0. The molecule has 3 aromatic rings. The fraction of sp³-hybridized carbons (Fsp3) is 0.227. The normalized spacial score (nSPS) is 11.5. The molecule has 0 saturated heterocycles. The van der Waals surface area contributed by atoms with Crippen LogP contribution in [0.2, 0.25) is 0 Å². The van der Waals surface area contributed by atoms with E-state index in [0.717, 1.165) is 0 Å². The number of anilines is 1. The summed E-state index contributed by atoms with van der Waals surface area (Å²) in [6, 6.07) is 14.6. The molecule has 0 spiro atoms. The Morgan fingerprint density at radius 3 is 2.26 bits per heavy atom. The number of furan rings is 1. The number of hydrogen-bond acceptors (Lipinski definition) is 5. The Morgan fingerprint density at radius 1 is 1.00 bits per heavy atom. The van der Waals surface area contributed by atoms with Crippen LogP contribution in [0.4, 0.5) is 10.1 Å². The van der Waals surface area contributed by atoms with Crippen LogP contribution < -0.4 is 10.1 Å². The number of hydrogen-bond donors (Lipinski definition) is 1. The maximum absolute atomic E-state index is 12.9. The minimum atomic E-state index is -3.56. The molecule has 1 heterocycles. The molecular weight excluding hydrogens is 423 g/mol. The lowest BCUT2D eigenvalue weighted by Gasteiger charge is -2.18. The monoisotopic (exact) mass is 446 g/mol. The van der Waals surface area contributed by atoms with Gasteiger partial charge in [-0.25, -0.2) is 12.8 Å². The Labute approximate surface area is 180 Å². The molecule has 0 radical (unpaired) electrons. The first-order chi connectivity index (χ1) is 14.8. The maximum Gasteiger partial charge on any atom is 0.291 e. The smallest absolute Gasteiger partial charge is 0.291 e. The highest BCUT2D eigenvalue weighted by atomic mass is 32.2. The van der Waals surface area contributed by atoms with E-state index in [1.54, 1.807) is 19.9 Å². The zero-order valence-corrected chi connectivity index (χ0v) is 18.0. The van der Waals surface area contributed by atoms with Crippen molar-refractivity contribution in [2.24, 2.45) is 0 Å². The van der Waals surface area contributed by atoms with Gasteiger partial charge >= 0.3 is 0 Å². The molecule has 0 aliphatic rings. The van der Waals surface area contributed by atoms with Gasteiger partial charge in [0, 0.05) is 18.8 Å². The van der Waals surface area contributed by atoms with E-state index in [9.17, 15) is 17.6 Å². The van der Waals surface area contributed by atoms with Gasteiger partial charge in [0.25, 0.3) is 5.91 Å². The van der Waals surface area contributed by atoms with Gasteiger partial charge < -0.3 is 14.5 Å². The van der Waals surface area contributed by atoms with Crippen molar-refractivity contribution in [2.75, 3.05) is 18.4 Å². The second-order valence-corrected chi connectivity index (χ2v) is 8.51. The number of ether oxygens (including phenoxy) is 1. The summed E-state index contributed by atoms with van der Waals surface area (Å²) in [6.45, 7) is 4.39. The minimum Gasteiger partial charge on any atom is -0.486 e. The first-order valence-electron chi connectivity index (χ1n) is 9.72. The van der Waals surface area contributed by atoms with Crippen LogP contribution in [0.5, 0.6) is 5.75 Å². The van der Waals surface area contributed by atoms with Crippen LogP contribution >= 0.6 is 0 Å². The topological polar surface area (TPSA) is 88.9 Å². The van der Waals surface area contributed by atoms with Gasteiger partial charge in [-0.1, -0.05) is 13.8 Å². The van der Waals surface area contributed by atoms with Crippen LogP contribution in [-0.2, 0) is 16.6 Å². The average molecular weight is 447 g/mol. The van der Waals surface area contributed by atoms with Crippen molar-refractivity contribution >= 4 is 21.6 Å². The van der Waals surface area contributed by atoms with Gasteiger partial charge in [-0.3, -0.25) is 4.79 Å². The fourth-order valence-corrected chi connectivity index (χ4v) is 4.34. The SMILES string of the molecule is CCN(CC)S(=O)(=O)c1ccc(NC(=O)c2ccc(COc3ccc(F)cc3)o2)cc1. The van der Waals surface area contributed by atoms with Crippen LogP contribution in [0.1, 0.15) is 30.2 Å². The second kappa shape index (κ2) is 9.76. The molecule has 0 bridgehead atoms. The number of nitrogens with one attached hydrogen (secondary N) is 1. The quantitative estimate of drug-likeness (QED) is 0.530. The summed E-state index contributed by atoms with van der Waals surface area (Å²) in [5.41, 5.74) is 0.434. The molecule has 0 aliphatic heterocycles. The van der Waals surface area contributed by atoms with E-state index < -0.39 is 15.9 Å². The van der Waals surface area contributed by atoms with E-state index in [4.69, 9.17) is 9.15 Å². The number of carbonyl (C=O) groups is 1. The third kappa shape index (κ3) is 5.50. The lowest BCUT2D eigenvalue weighted by molar-refractivity contribution is 0.0992. The van der Waals surface area contributed by atoms with E-state index in [-0.39, 0.29) is 23.1 Å². The fourth-order valence-electron chi connectivity index (χ4n) is 2.88. The van der Waals surface area contributed by atoms with Crippen molar-refractivity contribution in [1.29, 1.82) is 0 Å². The second-order valence-electron chi connectivity index (χ2n) is 6.58. The number of halogens is 1. The van der Waals surface area contributed by atoms with Crippen molar-refractivity contribution in [2.45, 2.75) is 25.3 Å². The number of sulfonamides is 1. The molecule has 1 N–H and O–H groups in total. The Balaban J connectivity index is 1.61. The van der Waals surface area contributed by atoms with Crippen molar-refractivity contribution in [3.8, 4) is 5.75 Å². The van der Waals surface area contributed by atoms with E-state index in [0.29, 0.717) is 30.3 Å². The molecule has 0 aliphatic carbocycles. The molecule has 7 nitrogen and oxygen atoms in total. The largest absolute Gasteiger partial charge is 0.486 e. The summed E-state index contributed by atoms with van der Waals surface area (Å²) in [5.74, 6) is 0.145. The molecule has 1 aromatic heterocycles. The first kappa shape index (κ1) is 22.5. The number of nitrogens with zero attached hydrogens (tertiary/aromatic N) is 1. The zero-order chi connectivity index (χ0) is 22.4. The molecule has 2 aromatic carbocycles. The Hall–Kier alpha value is -3.17. The average Bonchev–Trinajstić information content (AvgIpc) is 3.24. The number of rotatable bonds is 9. The maximum atomic E-state index is 12.9. The van der Waals surface area contributed by atoms with Gasteiger partial charge in [-0.2, -0.15) is 4.31 Å². The highest BCUT2D eigenvalue weighted by Gasteiger charge is 2.21. The summed E-state index contributed by atoms with van der Waals surface area (Å²) in [5, 5.41) is 2.66. The third-order valence-corrected chi connectivity index (χ3v) is 6.60. The molecular formula is C22H23FN2O5S. The van der Waals surface area contributed by atoms with Crippen LogP contribution in [0.25, 0.3) is 0 Å². The predicted molar refractivity (Wildman–Crippen MR) is 114 cm³/mol. The molecule has 0 saturated carbocycles. The molecule has 9 heteroatoms. The van der Waals surface area contributed by atoms with Crippen LogP contribution in [0.3, 0.4) is 0 Å². The summed E-state index contributed by atoms with van der Waals surface area (Å²) >= 11 is 0. The van der Waals surface area contributed by atoms with Gasteiger partial charge in [0.1, 0.15) is 23.9 Å². The Bertz CT molecular complexity index is 1120. The van der Waals surface area contributed by atoms with E-state index >= 15 is 0 Å². The highest BCUT2D eigenvalue weighted by molar-refractivity contribution is 7.89. The van der Waals surface area contributed by atoms with Gasteiger partial charge in [0.2, 0.25) is 10.0 Å². The number of amides is 1. The van der Waals surface area contributed by atoms with Crippen molar-refractivity contribution in [3.05, 3.63) is 78.0 Å². The predicted octanol–water partition coefficient (Wildman–Crippen LogP) is 4.28. The molecule has 3 rings (SSSR count). The van der Waals surface area contributed by atoms with Crippen molar-refractivity contribution in [3.63, 3.8) is 0 Å². The van der Waals surface area contributed by atoms with Crippen LogP contribution in [0, 0.1) is 5.82 Å². The zero-order valence-electron chi connectivity index (χ0n) is 17.2. The molecule has 31 heavy (non-hydrogen) atoms. The van der Waals surface area contributed by atoms with Crippen LogP contribution in [-0.4, -0.2) is 31.7 Å². The van der Waals surface area contributed by atoms with E-state index in [1.807, 2.05) is 0 Å². The Kier molecular flexibility index (Phi) is 7.09. The van der Waals surface area contributed by atoms with Crippen molar-refractivity contribution < 1.29 is 26.8 Å². The number of benzene rings is 2. The molecule has 0 unspecified atom stereocenters.